The smallest absolute Gasteiger partial charge is 0.321 e. The number of nitrogens with one attached hydrogen (secondary N) is 2. The number of halogens is 1. The van der Waals surface area contributed by atoms with Gasteiger partial charge in [0.1, 0.15) is 0 Å². The molecule has 0 saturated heterocycles. The standard InChI is InChI=1S/C17H23ClN4O2S/c1-11(18)9-14(5-6-19)15-12(2)21-17(25-15)22-16(23)20-7-8-24-10-13-3-4-13/h5-6,9,13H,1,3-4,7-8,10,19H2,2H3,(H2,20,21,22,23)/b6-5-,14-9+. The van der Waals surface area contributed by atoms with Gasteiger partial charge in [0.05, 0.1) is 17.2 Å². The van der Waals surface area contributed by atoms with Crippen molar-refractivity contribution in [1.82, 2.24) is 10.3 Å². The van der Waals surface area contributed by atoms with Gasteiger partial charge in [0.25, 0.3) is 0 Å². The number of nitrogens with two attached hydrogens (primary N) is 1. The van der Waals surface area contributed by atoms with E-state index in [1.54, 1.807) is 12.2 Å². The van der Waals surface area contributed by atoms with Crippen LogP contribution in [0.3, 0.4) is 0 Å². The molecule has 0 unspecified atom stereocenters. The van der Waals surface area contributed by atoms with E-state index in [9.17, 15) is 4.79 Å². The van der Waals surface area contributed by atoms with Gasteiger partial charge in [-0.15, -0.1) is 0 Å². The van der Waals surface area contributed by atoms with Gasteiger partial charge in [-0.1, -0.05) is 29.5 Å². The van der Waals surface area contributed by atoms with Crippen LogP contribution in [0.2, 0.25) is 0 Å². The second-order valence-corrected chi connectivity index (χ2v) is 7.22. The number of rotatable bonds is 9. The number of anilines is 1. The molecule has 1 aliphatic carbocycles. The van der Waals surface area contributed by atoms with E-state index in [4.69, 9.17) is 22.1 Å². The summed E-state index contributed by atoms with van der Waals surface area (Å²) < 4.78 is 5.47. The van der Waals surface area contributed by atoms with Gasteiger partial charge in [0.15, 0.2) is 5.13 Å². The third-order valence-electron chi connectivity index (χ3n) is 3.45. The van der Waals surface area contributed by atoms with Crippen molar-refractivity contribution in [3.05, 3.63) is 40.5 Å². The first-order valence-corrected chi connectivity index (χ1v) is 9.23. The van der Waals surface area contributed by atoms with Crippen LogP contribution in [0.5, 0.6) is 0 Å². The van der Waals surface area contributed by atoms with Crippen LogP contribution in [0.25, 0.3) is 5.57 Å². The third kappa shape index (κ3) is 6.89. The molecule has 0 radical (unpaired) electrons. The number of aryl methyl sites for hydroxylation is 1. The molecule has 0 aliphatic heterocycles. The average Bonchev–Trinajstić information content (AvgIpc) is 3.28. The van der Waals surface area contributed by atoms with Gasteiger partial charge in [0.2, 0.25) is 0 Å². The van der Waals surface area contributed by atoms with Crippen molar-refractivity contribution in [2.45, 2.75) is 19.8 Å². The molecule has 0 aromatic carbocycles. The zero-order valence-electron chi connectivity index (χ0n) is 14.2. The van der Waals surface area contributed by atoms with E-state index in [0.29, 0.717) is 23.3 Å². The Balaban J connectivity index is 1.87. The quantitative estimate of drug-likeness (QED) is 0.449. The Labute approximate surface area is 156 Å². The van der Waals surface area contributed by atoms with Gasteiger partial charge in [-0.25, -0.2) is 9.78 Å². The van der Waals surface area contributed by atoms with Gasteiger partial charge in [-0.3, -0.25) is 5.32 Å². The topological polar surface area (TPSA) is 89.3 Å². The van der Waals surface area contributed by atoms with E-state index in [2.05, 4.69) is 22.2 Å². The highest BCUT2D eigenvalue weighted by molar-refractivity contribution is 7.17. The molecule has 4 N–H and O–H groups in total. The molecule has 1 aromatic heterocycles. The number of nitrogens with zero attached hydrogens (tertiary/aromatic N) is 1. The first-order valence-electron chi connectivity index (χ1n) is 8.04. The Morgan fingerprint density at radius 3 is 2.96 bits per heavy atom. The largest absolute Gasteiger partial charge is 0.405 e. The zero-order valence-corrected chi connectivity index (χ0v) is 15.8. The normalized spacial score (nSPS) is 14.7. The van der Waals surface area contributed by atoms with Crippen LogP contribution in [-0.4, -0.2) is 30.8 Å². The van der Waals surface area contributed by atoms with Gasteiger partial charge in [-0.2, -0.15) is 0 Å². The van der Waals surface area contributed by atoms with E-state index in [-0.39, 0.29) is 6.03 Å². The summed E-state index contributed by atoms with van der Waals surface area (Å²) >= 11 is 7.20. The molecule has 8 heteroatoms. The molecule has 1 heterocycles. The number of hydrogen-bond donors (Lipinski definition) is 3. The summed E-state index contributed by atoms with van der Waals surface area (Å²) in [5.41, 5.74) is 7.05. The SMILES string of the molecule is C=C(Cl)/C=C(\C=C/N)c1sc(NC(=O)NCCOCC2CC2)nc1C. The number of ether oxygens (including phenoxy) is 1. The number of amides is 2. The summed E-state index contributed by atoms with van der Waals surface area (Å²) in [5, 5.41) is 6.37. The fourth-order valence-corrected chi connectivity index (χ4v) is 3.17. The molecule has 6 nitrogen and oxygen atoms in total. The highest BCUT2D eigenvalue weighted by atomic mass is 35.5. The molecule has 2 amide bonds. The van der Waals surface area contributed by atoms with E-state index in [1.807, 2.05) is 6.92 Å². The molecule has 1 aliphatic rings. The fraction of sp³-hybridized carbons (Fsp3) is 0.412. The second-order valence-electron chi connectivity index (χ2n) is 5.74. The van der Waals surface area contributed by atoms with Crippen LogP contribution in [0.1, 0.15) is 23.4 Å². The van der Waals surface area contributed by atoms with Gasteiger partial charge in [0, 0.05) is 18.2 Å². The molecule has 0 bridgehead atoms. The number of thiazole rings is 1. The van der Waals surface area contributed by atoms with Crippen molar-refractivity contribution in [3.8, 4) is 0 Å². The summed E-state index contributed by atoms with van der Waals surface area (Å²) in [5.74, 6) is 0.722. The summed E-state index contributed by atoms with van der Waals surface area (Å²) in [4.78, 5) is 17.2. The lowest BCUT2D eigenvalue weighted by Crippen LogP contribution is -2.31. The Hall–Kier alpha value is -1.83. The summed E-state index contributed by atoms with van der Waals surface area (Å²) in [6, 6.07) is -0.308. The molecule has 0 spiro atoms. The molecular weight excluding hydrogens is 360 g/mol. The molecule has 0 atom stereocenters. The first kappa shape index (κ1) is 19.5. The second kappa shape index (κ2) is 9.60. The fourth-order valence-electron chi connectivity index (χ4n) is 2.09. The van der Waals surface area contributed by atoms with Gasteiger partial charge in [-0.05, 0) is 49.6 Å². The summed E-state index contributed by atoms with van der Waals surface area (Å²) in [6.07, 6.45) is 7.35. The molecule has 1 fully saturated rings. The Bertz CT molecular complexity index is 680. The minimum absolute atomic E-state index is 0.308. The minimum atomic E-state index is -0.308. The van der Waals surface area contributed by atoms with E-state index in [0.717, 1.165) is 28.7 Å². The number of urea groups is 1. The summed E-state index contributed by atoms with van der Waals surface area (Å²) in [7, 11) is 0. The predicted octanol–water partition coefficient (Wildman–Crippen LogP) is 3.61. The van der Waals surface area contributed by atoms with Gasteiger partial charge >= 0.3 is 6.03 Å². The predicted molar refractivity (Wildman–Crippen MR) is 104 cm³/mol. The third-order valence-corrected chi connectivity index (χ3v) is 4.68. The Morgan fingerprint density at radius 2 is 2.32 bits per heavy atom. The number of carbonyl (C=O) groups excluding carboxylic acids is 1. The highest BCUT2D eigenvalue weighted by Gasteiger charge is 2.20. The van der Waals surface area contributed by atoms with Crippen LogP contribution in [-0.2, 0) is 4.74 Å². The van der Waals surface area contributed by atoms with Crippen LogP contribution in [0.15, 0.2) is 30.0 Å². The maximum Gasteiger partial charge on any atom is 0.321 e. The van der Waals surface area contributed by atoms with Gasteiger partial charge < -0.3 is 15.8 Å². The molecule has 25 heavy (non-hydrogen) atoms. The van der Waals surface area contributed by atoms with Crippen LogP contribution < -0.4 is 16.4 Å². The Kier molecular flexibility index (Phi) is 7.49. The highest BCUT2D eigenvalue weighted by Crippen LogP contribution is 2.31. The lowest BCUT2D eigenvalue weighted by atomic mass is 10.2. The summed E-state index contributed by atoms with van der Waals surface area (Å²) in [6.45, 7) is 7.27. The van der Waals surface area contributed by atoms with Crippen molar-refractivity contribution in [2.75, 3.05) is 25.1 Å². The number of hydrogen-bond acceptors (Lipinski definition) is 5. The van der Waals surface area contributed by atoms with E-state index < -0.39 is 0 Å². The van der Waals surface area contributed by atoms with Crippen molar-refractivity contribution in [1.29, 1.82) is 0 Å². The monoisotopic (exact) mass is 382 g/mol. The molecule has 136 valence electrons. The molecule has 2 rings (SSSR count). The maximum absolute atomic E-state index is 11.9. The van der Waals surface area contributed by atoms with Crippen LogP contribution in [0, 0.1) is 12.8 Å². The van der Waals surface area contributed by atoms with Crippen LogP contribution in [0.4, 0.5) is 9.93 Å². The number of aromatic nitrogens is 1. The van der Waals surface area contributed by atoms with E-state index in [1.165, 1.54) is 30.4 Å². The maximum atomic E-state index is 11.9. The molecule has 1 aromatic rings. The first-order chi connectivity index (χ1) is 12.0. The van der Waals surface area contributed by atoms with Crippen molar-refractivity contribution < 1.29 is 9.53 Å². The molecular formula is C17H23ClN4O2S. The zero-order chi connectivity index (χ0) is 18.2. The van der Waals surface area contributed by atoms with E-state index >= 15 is 0 Å². The van der Waals surface area contributed by atoms with Crippen molar-refractivity contribution >= 4 is 39.7 Å². The lowest BCUT2D eigenvalue weighted by Gasteiger charge is -2.06. The minimum Gasteiger partial charge on any atom is -0.405 e. The number of allylic oxidation sites excluding steroid dienone is 4. The number of carbonyl (C=O) groups is 1. The van der Waals surface area contributed by atoms with Crippen molar-refractivity contribution in [3.63, 3.8) is 0 Å². The van der Waals surface area contributed by atoms with Crippen LogP contribution >= 0.6 is 22.9 Å². The van der Waals surface area contributed by atoms with Crippen molar-refractivity contribution in [2.24, 2.45) is 11.7 Å². The Morgan fingerprint density at radius 1 is 1.56 bits per heavy atom. The average molecular weight is 383 g/mol. The molecule has 1 saturated carbocycles. The lowest BCUT2D eigenvalue weighted by molar-refractivity contribution is 0.127.